The molecule has 1 saturated heterocycles. The molecule has 0 saturated carbocycles. The Labute approximate surface area is 194 Å². The normalized spacial score (nSPS) is 18.0. The fraction of sp³-hybridized carbons (Fsp3) is 0.423. The second-order valence-electron chi connectivity index (χ2n) is 8.80. The third-order valence-electron chi connectivity index (χ3n) is 6.04. The predicted octanol–water partition coefficient (Wildman–Crippen LogP) is 5.69. The number of aromatic nitrogens is 1. The molecule has 0 aliphatic carbocycles. The van der Waals surface area contributed by atoms with E-state index >= 15 is 0 Å². The maximum Gasteiger partial charge on any atom is 0.128 e. The van der Waals surface area contributed by atoms with E-state index in [-0.39, 0.29) is 5.60 Å². The topological polar surface area (TPSA) is 52.6 Å². The van der Waals surface area contributed by atoms with Crippen LogP contribution in [0.25, 0.3) is 22.2 Å². The molecule has 3 aromatic rings. The Balaban J connectivity index is 1.77. The molecule has 0 amide bonds. The Kier molecular flexibility index (Phi) is 6.93. The van der Waals surface area contributed by atoms with Gasteiger partial charge < -0.3 is 19.5 Å². The molecule has 170 valence electrons. The van der Waals surface area contributed by atoms with Crippen LogP contribution in [0.1, 0.15) is 32.3 Å². The Bertz CT molecular complexity index is 1100. The van der Waals surface area contributed by atoms with Crippen LogP contribution in [0.15, 0.2) is 47.4 Å². The minimum absolute atomic E-state index is 0.0926. The number of rotatable bonds is 7. The van der Waals surface area contributed by atoms with Crippen LogP contribution in [-0.4, -0.2) is 43.7 Å². The number of thioether (sulfide) groups is 1. The van der Waals surface area contributed by atoms with Crippen LogP contribution in [0.4, 0.5) is 0 Å². The van der Waals surface area contributed by atoms with E-state index in [1.165, 1.54) is 4.90 Å². The third kappa shape index (κ3) is 5.03. The summed E-state index contributed by atoms with van der Waals surface area (Å²) in [5, 5.41) is 4.90. The van der Waals surface area contributed by atoms with Gasteiger partial charge in [0.2, 0.25) is 0 Å². The molecule has 1 atom stereocenters. The summed E-state index contributed by atoms with van der Waals surface area (Å²) >= 11 is 1.72. The monoisotopic (exact) mass is 452 g/mol. The van der Waals surface area contributed by atoms with Gasteiger partial charge in [-0.2, -0.15) is 0 Å². The molecular formula is C26H32N2O3S. The van der Waals surface area contributed by atoms with Crippen molar-refractivity contribution in [1.82, 2.24) is 10.3 Å². The zero-order valence-corrected chi connectivity index (χ0v) is 20.3. The highest BCUT2D eigenvalue weighted by molar-refractivity contribution is 7.98. The molecule has 0 unspecified atom stereocenters. The number of hydrogen-bond donors (Lipinski definition) is 1. The second-order valence-corrected chi connectivity index (χ2v) is 9.68. The van der Waals surface area contributed by atoms with Crippen LogP contribution in [0.3, 0.4) is 0 Å². The number of hydrogen-bond acceptors (Lipinski definition) is 6. The number of benzene rings is 2. The van der Waals surface area contributed by atoms with Crippen molar-refractivity contribution in [3.63, 3.8) is 0 Å². The van der Waals surface area contributed by atoms with E-state index in [1.54, 1.807) is 26.0 Å². The number of pyridine rings is 1. The van der Waals surface area contributed by atoms with Crippen LogP contribution >= 0.6 is 11.8 Å². The summed E-state index contributed by atoms with van der Waals surface area (Å²) in [5.41, 5.74) is 3.89. The van der Waals surface area contributed by atoms with Crippen molar-refractivity contribution >= 4 is 22.7 Å². The van der Waals surface area contributed by atoms with E-state index in [0.29, 0.717) is 6.04 Å². The highest BCUT2D eigenvalue weighted by atomic mass is 32.2. The average molecular weight is 453 g/mol. The molecule has 5 nitrogen and oxygen atoms in total. The number of nitrogens with zero attached hydrogens (tertiary/aromatic N) is 1. The van der Waals surface area contributed by atoms with Gasteiger partial charge in [-0.15, -0.1) is 11.8 Å². The Morgan fingerprint density at radius 3 is 2.69 bits per heavy atom. The third-order valence-corrected chi connectivity index (χ3v) is 6.77. The van der Waals surface area contributed by atoms with Gasteiger partial charge in [0.25, 0.3) is 0 Å². The lowest BCUT2D eigenvalue weighted by Crippen LogP contribution is -2.43. The van der Waals surface area contributed by atoms with Crippen LogP contribution in [0.2, 0.25) is 0 Å². The standard InChI is InChI=1S/C26H32N2O3S/c1-26(2)15-19(10-11-31-26)27-16-18-12-17-6-8-21(32-5)14-23(17)28-25(18)22-13-20(29-3)7-9-24(22)30-4/h6-9,12-14,19,27H,10-11,15-16H2,1-5H3/t19-/m1/s1. The largest absolute Gasteiger partial charge is 0.497 e. The molecule has 1 aliphatic rings. The lowest BCUT2D eigenvalue weighted by atomic mass is 9.93. The van der Waals surface area contributed by atoms with Crippen molar-refractivity contribution in [2.75, 3.05) is 27.1 Å². The maximum absolute atomic E-state index is 5.89. The van der Waals surface area contributed by atoms with E-state index < -0.39 is 0 Å². The Hall–Kier alpha value is -2.28. The van der Waals surface area contributed by atoms with Crippen LogP contribution in [-0.2, 0) is 11.3 Å². The first kappa shape index (κ1) is 22.9. The Morgan fingerprint density at radius 1 is 1.12 bits per heavy atom. The average Bonchev–Trinajstić information content (AvgIpc) is 2.80. The highest BCUT2D eigenvalue weighted by Crippen LogP contribution is 2.36. The summed E-state index contributed by atoms with van der Waals surface area (Å²) in [5.74, 6) is 1.57. The molecule has 2 heterocycles. The molecule has 4 rings (SSSR count). The van der Waals surface area contributed by atoms with Gasteiger partial charge in [0.1, 0.15) is 11.5 Å². The summed E-state index contributed by atoms with van der Waals surface area (Å²) in [6.45, 7) is 5.83. The van der Waals surface area contributed by atoms with Crippen LogP contribution in [0, 0.1) is 0 Å². The summed E-state index contributed by atoms with van der Waals surface area (Å²) in [4.78, 5) is 6.31. The molecule has 6 heteroatoms. The van der Waals surface area contributed by atoms with Gasteiger partial charge in [-0.05, 0) is 74.9 Å². The number of nitrogens with one attached hydrogen (secondary N) is 1. The number of methoxy groups -OCH3 is 2. The van der Waals surface area contributed by atoms with Gasteiger partial charge in [0.05, 0.1) is 31.0 Å². The van der Waals surface area contributed by atoms with Crippen molar-refractivity contribution in [3.8, 4) is 22.8 Å². The first-order chi connectivity index (χ1) is 15.4. The summed E-state index contributed by atoms with van der Waals surface area (Å²) in [6, 6.07) is 15.0. The second kappa shape index (κ2) is 9.69. The highest BCUT2D eigenvalue weighted by Gasteiger charge is 2.28. The van der Waals surface area contributed by atoms with Crippen LogP contribution < -0.4 is 14.8 Å². The minimum Gasteiger partial charge on any atom is -0.497 e. The van der Waals surface area contributed by atoms with Crippen molar-refractivity contribution in [3.05, 3.63) is 48.0 Å². The molecular weight excluding hydrogens is 420 g/mol. The number of fused-ring (bicyclic) bond motifs is 1. The van der Waals surface area contributed by atoms with E-state index in [4.69, 9.17) is 19.2 Å². The quantitative estimate of drug-likeness (QED) is 0.465. The molecule has 1 aromatic heterocycles. The van der Waals surface area contributed by atoms with Gasteiger partial charge in [-0.3, -0.25) is 0 Å². The summed E-state index contributed by atoms with van der Waals surface area (Å²) < 4.78 is 17.1. The molecule has 0 radical (unpaired) electrons. The lowest BCUT2D eigenvalue weighted by molar-refractivity contribution is -0.0630. The van der Waals surface area contributed by atoms with Gasteiger partial charge in [-0.25, -0.2) is 4.98 Å². The molecule has 1 fully saturated rings. The Morgan fingerprint density at radius 2 is 1.97 bits per heavy atom. The maximum atomic E-state index is 5.89. The van der Waals surface area contributed by atoms with Crippen molar-refractivity contribution < 1.29 is 14.2 Å². The molecule has 32 heavy (non-hydrogen) atoms. The van der Waals surface area contributed by atoms with E-state index in [1.807, 2.05) is 18.2 Å². The minimum atomic E-state index is -0.0926. The first-order valence-corrected chi connectivity index (χ1v) is 12.2. The molecule has 2 aromatic carbocycles. The van der Waals surface area contributed by atoms with Crippen molar-refractivity contribution in [1.29, 1.82) is 0 Å². The van der Waals surface area contributed by atoms with Gasteiger partial charge in [0.15, 0.2) is 0 Å². The van der Waals surface area contributed by atoms with E-state index in [2.05, 4.69) is 49.7 Å². The fourth-order valence-electron chi connectivity index (χ4n) is 4.35. The van der Waals surface area contributed by atoms with E-state index in [9.17, 15) is 0 Å². The van der Waals surface area contributed by atoms with Crippen LogP contribution in [0.5, 0.6) is 11.5 Å². The predicted molar refractivity (Wildman–Crippen MR) is 132 cm³/mol. The summed E-state index contributed by atoms with van der Waals surface area (Å²) in [6.07, 6.45) is 4.09. The molecule has 0 spiro atoms. The molecule has 1 aliphatic heterocycles. The van der Waals surface area contributed by atoms with Gasteiger partial charge in [0, 0.05) is 35.0 Å². The van der Waals surface area contributed by atoms with Crippen molar-refractivity contribution in [2.45, 2.75) is 49.8 Å². The molecule has 0 bridgehead atoms. The van der Waals surface area contributed by atoms with E-state index in [0.717, 1.165) is 65.2 Å². The van der Waals surface area contributed by atoms with Gasteiger partial charge >= 0.3 is 0 Å². The number of ether oxygens (including phenoxy) is 3. The SMILES string of the molecule is COc1ccc(OC)c(-c2nc3cc(SC)ccc3cc2CN[C@@H]2CCOC(C)(C)C2)c1. The van der Waals surface area contributed by atoms with Gasteiger partial charge in [-0.1, -0.05) is 6.07 Å². The fourth-order valence-corrected chi connectivity index (χ4v) is 4.78. The smallest absolute Gasteiger partial charge is 0.128 e. The summed E-state index contributed by atoms with van der Waals surface area (Å²) in [7, 11) is 3.37. The lowest BCUT2D eigenvalue weighted by Gasteiger charge is -2.36. The first-order valence-electron chi connectivity index (χ1n) is 11.0. The van der Waals surface area contributed by atoms with Crippen molar-refractivity contribution in [2.24, 2.45) is 0 Å². The zero-order valence-electron chi connectivity index (χ0n) is 19.5. The zero-order chi connectivity index (χ0) is 22.7. The molecule has 1 N–H and O–H groups in total.